The van der Waals surface area contributed by atoms with E-state index in [1.54, 1.807) is 12.1 Å². The summed E-state index contributed by atoms with van der Waals surface area (Å²) in [6, 6.07) is 9.12. The minimum Gasteiger partial charge on any atom is -0.284 e. The highest BCUT2D eigenvalue weighted by atomic mass is 32.2. The molecule has 0 bridgehead atoms. The summed E-state index contributed by atoms with van der Waals surface area (Å²) in [5, 5.41) is 0. The molecule has 5 heteroatoms. The van der Waals surface area contributed by atoms with E-state index in [9.17, 15) is 8.42 Å². The van der Waals surface area contributed by atoms with Gasteiger partial charge < -0.3 is 0 Å². The van der Waals surface area contributed by atoms with Gasteiger partial charge in [0.15, 0.2) is 0 Å². The van der Waals surface area contributed by atoms with Crippen LogP contribution in [0.4, 0.5) is 0 Å². The lowest BCUT2D eigenvalue weighted by molar-refractivity contribution is -0.0286. The lowest BCUT2D eigenvalue weighted by Crippen LogP contribution is -2.28. The number of benzene rings is 1. The van der Waals surface area contributed by atoms with Crippen molar-refractivity contribution in [2.24, 2.45) is 0 Å². The first-order valence-electron chi connectivity index (χ1n) is 4.86. The van der Waals surface area contributed by atoms with Crippen molar-refractivity contribution in [2.75, 3.05) is 13.2 Å². The molecule has 1 fully saturated rings. The van der Waals surface area contributed by atoms with Crippen LogP contribution in [0, 0.1) is 0 Å². The van der Waals surface area contributed by atoms with Crippen LogP contribution in [0.2, 0.25) is 0 Å². The van der Waals surface area contributed by atoms with Crippen LogP contribution in [0.5, 0.6) is 0 Å². The molecule has 1 aliphatic rings. The Morgan fingerprint density at radius 1 is 1.27 bits per heavy atom. The second-order valence-corrected chi connectivity index (χ2v) is 5.31. The molecule has 1 aromatic carbocycles. The molecule has 15 heavy (non-hydrogen) atoms. The highest BCUT2D eigenvalue weighted by Crippen LogP contribution is 2.15. The molecule has 0 N–H and O–H groups in total. The van der Waals surface area contributed by atoms with Gasteiger partial charge in [0, 0.05) is 6.54 Å². The summed E-state index contributed by atoms with van der Waals surface area (Å²) >= 11 is 0. The average Bonchev–Trinajstić information content (AvgIpc) is 2.71. The first-order chi connectivity index (χ1) is 7.18. The smallest absolute Gasteiger partial charge is 0.240 e. The molecular weight excluding hydrogens is 214 g/mol. The van der Waals surface area contributed by atoms with E-state index in [1.165, 1.54) is 0 Å². The summed E-state index contributed by atoms with van der Waals surface area (Å²) < 4.78 is 24.7. The van der Waals surface area contributed by atoms with Gasteiger partial charge in [-0.1, -0.05) is 34.8 Å². The molecule has 4 nitrogen and oxygen atoms in total. The van der Waals surface area contributed by atoms with Gasteiger partial charge in [-0.05, 0) is 12.0 Å². The number of hydrogen-bond acceptors (Lipinski definition) is 3. The van der Waals surface area contributed by atoms with Crippen LogP contribution in [0.1, 0.15) is 12.0 Å². The Kier molecular flexibility index (Phi) is 3.04. The van der Waals surface area contributed by atoms with Gasteiger partial charge in [0.05, 0.1) is 12.4 Å². The van der Waals surface area contributed by atoms with Crippen molar-refractivity contribution in [3.8, 4) is 0 Å². The minimum absolute atomic E-state index is 0.00778. The van der Waals surface area contributed by atoms with Crippen LogP contribution in [0.15, 0.2) is 30.3 Å². The third-order valence-electron chi connectivity index (χ3n) is 2.22. The Balaban J connectivity index is 2.11. The summed E-state index contributed by atoms with van der Waals surface area (Å²) in [5.41, 5.74) is 0.785. The van der Waals surface area contributed by atoms with Gasteiger partial charge in [0.25, 0.3) is 0 Å². The van der Waals surface area contributed by atoms with Crippen molar-refractivity contribution < 1.29 is 13.3 Å². The highest BCUT2D eigenvalue weighted by molar-refractivity contribution is 7.88. The molecule has 0 amide bonds. The van der Waals surface area contributed by atoms with Gasteiger partial charge in [-0.2, -0.15) is 0 Å². The van der Waals surface area contributed by atoms with E-state index in [-0.39, 0.29) is 5.75 Å². The zero-order chi connectivity index (χ0) is 10.7. The zero-order valence-corrected chi connectivity index (χ0v) is 9.11. The molecule has 1 aliphatic heterocycles. The van der Waals surface area contributed by atoms with Crippen LogP contribution >= 0.6 is 0 Å². The Labute approximate surface area is 89.5 Å². The molecule has 1 saturated heterocycles. The summed E-state index contributed by atoms with van der Waals surface area (Å²) in [6.45, 7) is 0.961. The maximum absolute atomic E-state index is 11.8. The molecule has 0 spiro atoms. The van der Waals surface area contributed by atoms with Crippen molar-refractivity contribution in [3.63, 3.8) is 0 Å². The summed E-state index contributed by atoms with van der Waals surface area (Å²) in [7, 11) is -3.30. The second-order valence-electron chi connectivity index (χ2n) is 3.45. The van der Waals surface area contributed by atoms with Gasteiger partial charge in [-0.25, -0.2) is 8.42 Å². The molecule has 0 saturated carbocycles. The summed E-state index contributed by atoms with van der Waals surface area (Å²) in [6.07, 6.45) is 0.772. The van der Waals surface area contributed by atoms with Crippen molar-refractivity contribution >= 4 is 10.0 Å². The van der Waals surface area contributed by atoms with Crippen molar-refractivity contribution in [1.29, 1.82) is 0 Å². The highest BCUT2D eigenvalue weighted by Gasteiger charge is 2.26. The standard InChI is InChI=1S/C10H13NO3S/c12-15(13,11-7-4-8-14-11)9-10-5-2-1-3-6-10/h1-3,5-6H,4,7-9H2. The number of sulfonamides is 1. The van der Waals surface area contributed by atoms with E-state index in [1.807, 2.05) is 18.2 Å². The lowest BCUT2D eigenvalue weighted by atomic mass is 10.2. The number of hydrogen-bond donors (Lipinski definition) is 0. The molecule has 0 atom stereocenters. The fourth-order valence-corrected chi connectivity index (χ4v) is 2.90. The van der Waals surface area contributed by atoms with Crippen LogP contribution in [0.3, 0.4) is 0 Å². The van der Waals surface area contributed by atoms with Gasteiger partial charge in [-0.15, -0.1) is 0 Å². The average molecular weight is 227 g/mol. The third kappa shape index (κ3) is 2.56. The second kappa shape index (κ2) is 4.30. The summed E-state index contributed by atoms with van der Waals surface area (Å²) in [5.74, 6) is 0.00778. The number of rotatable bonds is 3. The Hall–Kier alpha value is -0.910. The van der Waals surface area contributed by atoms with E-state index in [4.69, 9.17) is 4.84 Å². The summed E-state index contributed by atoms with van der Waals surface area (Å²) in [4.78, 5) is 5.04. The molecule has 1 heterocycles. The van der Waals surface area contributed by atoms with Crippen LogP contribution in [-0.4, -0.2) is 26.0 Å². The van der Waals surface area contributed by atoms with E-state index >= 15 is 0 Å². The van der Waals surface area contributed by atoms with Crippen molar-refractivity contribution in [3.05, 3.63) is 35.9 Å². The first kappa shape index (κ1) is 10.6. The van der Waals surface area contributed by atoms with E-state index in [0.717, 1.165) is 16.5 Å². The van der Waals surface area contributed by atoms with E-state index in [0.29, 0.717) is 13.2 Å². The topological polar surface area (TPSA) is 46.6 Å². The van der Waals surface area contributed by atoms with E-state index in [2.05, 4.69) is 0 Å². The van der Waals surface area contributed by atoms with Gasteiger partial charge in [-0.3, -0.25) is 4.84 Å². The predicted molar refractivity (Wildman–Crippen MR) is 56.3 cm³/mol. The molecule has 0 unspecified atom stereocenters. The Morgan fingerprint density at radius 3 is 2.60 bits per heavy atom. The Bertz CT molecular complexity index is 410. The molecule has 82 valence electrons. The van der Waals surface area contributed by atoms with Crippen LogP contribution in [0.25, 0.3) is 0 Å². The fourth-order valence-electron chi connectivity index (χ4n) is 1.50. The van der Waals surface area contributed by atoms with Gasteiger partial charge in [0.1, 0.15) is 0 Å². The zero-order valence-electron chi connectivity index (χ0n) is 8.30. The molecule has 0 radical (unpaired) electrons. The Morgan fingerprint density at radius 2 is 2.00 bits per heavy atom. The maximum atomic E-state index is 11.8. The SMILES string of the molecule is O=S(=O)(Cc1ccccc1)N1CCCO1. The van der Waals surface area contributed by atoms with E-state index < -0.39 is 10.0 Å². The quantitative estimate of drug-likeness (QED) is 0.778. The lowest BCUT2D eigenvalue weighted by Gasteiger charge is -2.13. The fraction of sp³-hybridized carbons (Fsp3) is 0.400. The molecular formula is C10H13NO3S. The van der Waals surface area contributed by atoms with Crippen LogP contribution < -0.4 is 0 Å². The first-order valence-corrected chi connectivity index (χ1v) is 6.47. The van der Waals surface area contributed by atoms with Crippen LogP contribution in [-0.2, 0) is 20.6 Å². The molecule has 2 rings (SSSR count). The molecule has 0 aromatic heterocycles. The molecule has 1 aromatic rings. The van der Waals surface area contributed by atoms with Gasteiger partial charge >= 0.3 is 0 Å². The number of hydroxylamine groups is 1. The van der Waals surface area contributed by atoms with Crippen molar-refractivity contribution in [1.82, 2.24) is 4.47 Å². The number of nitrogens with zero attached hydrogens (tertiary/aromatic N) is 1. The van der Waals surface area contributed by atoms with Crippen molar-refractivity contribution in [2.45, 2.75) is 12.2 Å². The largest absolute Gasteiger partial charge is 0.284 e. The molecule has 0 aliphatic carbocycles. The maximum Gasteiger partial charge on any atom is 0.240 e. The third-order valence-corrected chi connectivity index (χ3v) is 3.83. The normalized spacial score (nSPS) is 18.1. The minimum atomic E-state index is -3.30. The monoisotopic (exact) mass is 227 g/mol. The predicted octanol–water partition coefficient (Wildman–Crippen LogP) is 1.15. The van der Waals surface area contributed by atoms with Gasteiger partial charge in [0.2, 0.25) is 10.0 Å².